The molecule has 6 aromatic carbocycles. The van der Waals surface area contributed by atoms with Crippen molar-refractivity contribution in [3.63, 3.8) is 0 Å². The normalized spacial score (nSPS) is 15.1. The highest BCUT2D eigenvalue weighted by Crippen LogP contribution is 2.40. The van der Waals surface area contributed by atoms with Crippen LogP contribution in [0.4, 0.5) is 34.6 Å². The van der Waals surface area contributed by atoms with Crippen LogP contribution in [0.5, 0.6) is 11.5 Å². The molecule has 22 heteroatoms. The number of hydrogen-bond acceptors (Lipinski definition) is 11. The summed E-state index contributed by atoms with van der Waals surface area (Å²) in [7, 11) is -8.20. The van der Waals surface area contributed by atoms with Crippen molar-refractivity contribution in [2.24, 2.45) is 0 Å². The predicted octanol–water partition coefficient (Wildman–Crippen LogP) is 8.84. The molecule has 0 aliphatic carbocycles. The number of rotatable bonds is 10. The summed E-state index contributed by atoms with van der Waals surface area (Å²) in [6, 6.07) is 24.1. The first kappa shape index (κ1) is 53.0. The SMILES string of the molecule is C.Nc1ccc2c(c1)N(S(=O)(=O)c1ccc(F)cc1)C(CO)CO2.O=C(Cc1ccc2c(c1)N(S(=O)(=O)c1ccc(F)cc1)C(CO)CO2)c1c(F)cccc1Cl.O=C(Cl)c1c(F)cccc1Cl. The number of ketones is 1. The molecule has 0 saturated heterocycles. The maximum Gasteiger partial charge on any atom is 0.264 e. The molecule has 8 rings (SSSR count). The molecule has 68 heavy (non-hydrogen) atoms. The minimum absolute atomic E-state index is 0. The van der Waals surface area contributed by atoms with E-state index in [-0.39, 0.29) is 75.1 Å². The van der Waals surface area contributed by atoms with E-state index in [0.29, 0.717) is 17.0 Å². The standard InChI is InChI=1S/C23H18ClF2NO5S.C15H15FN2O4S.C7H3Cl2FO.CH4/c24-18-2-1-3-19(26)23(18)21(29)11-14-4-9-22-20(10-14)27(16(12-28)13-32-22)33(30,31)17-7-5-15(25)6-8-17;16-10-1-4-13(5-2-10)23(20,21)18-12(8-19)9-22-15-6-3-11(17)7-14(15)18;8-4-2-1-3-5(10)6(4)7(9)11;/h1-10,16,28H,11-13H2;1-7,12,19H,8-9,17H2;1-3H;1H4. The Morgan fingerprint density at radius 1 is 0.632 bits per heavy atom. The zero-order chi connectivity index (χ0) is 48.8. The van der Waals surface area contributed by atoms with Crippen molar-refractivity contribution in [2.75, 3.05) is 40.8 Å². The van der Waals surface area contributed by atoms with Gasteiger partial charge in [0.25, 0.3) is 25.3 Å². The van der Waals surface area contributed by atoms with E-state index in [1.165, 1.54) is 54.6 Å². The fourth-order valence-corrected chi connectivity index (χ4v) is 10.8. The van der Waals surface area contributed by atoms with Gasteiger partial charge in [-0.3, -0.25) is 18.2 Å². The van der Waals surface area contributed by atoms with Gasteiger partial charge in [0, 0.05) is 12.1 Å². The molecule has 13 nitrogen and oxygen atoms in total. The second-order valence-electron chi connectivity index (χ2n) is 14.4. The van der Waals surface area contributed by atoms with Crippen LogP contribution in [0, 0.1) is 23.3 Å². The summed E-state index contributed by atoms with van der Waals surface area (Å²) in [5, 5.41) is 18.5. The van der Waals surface area contributed by atoms with Crippen LogP contribution < -0.4 is 23.8 Å². The number of halogens is 7. The minimum Gasteiger partial charge on any atom is -0.489 e. The Kier molecular flexibility index (Phi) is 17.5. The van der Waals surface area contributed by atoms with Crippen molar-refractivity contribution < 1.29 is 63.7 Å². The molecule has 0 aromatic heterocycles. The van der Waals surface area contributed by atoms with Gasteiger partial charge in [-0.1, -0.05) is 48.8 Å². The van der Waals surface area contributed by atoms with E-state index in [1.807, 2.05) is 0 Å². The van der Waals surface area contributed by atoms with Gasteiger partial charge in [0.05, 0.1) is 55.6 Å². The van der Waals surface area contributed by atoms with Gasteiger partial charge in [0.2, 0.25) is 0 Å². The number of nitrogens with two attached hydrogens (primary N) is 1. The molecule has 6 aromatic rings. The van der Waals surface area contributed by atoms with Crippen molar-refractivity contribution in [2.45, 2.75) is 35.7 Å². The molecule has 2 aliphatic heterocycles. The van der Waals surface area contributed by atoms with E-state index < -0.39 is 79.6 Å². The first-order valence-electron chi connectivity index (χ1n) is 19.5. The summed E-state index contributed by atoms with van der Waals surface area (Å²) < 4.78 is 119. The lowest BCUT2D eigenvalue weighted by molar-refractivity contribution is 0.0988. The van der Waals surface area contributed by atoms with Crippen molar-refractivity contribution in [3.05, 3.63) is 171 Å². The Morgan fingerprint density at radius 2 is 1.06 bits per heavy atom. The largest absolute Gasteiger partial charge is 0.489 e. The molecule has 360 valence electrons. The number of carbonyl (C=O) groups excluding carboxylic acids is 2. The number of ether oxygens (including phenoxy) is 2. The van der Waals surface area contributed by atoms with Crippen LogP contribution in [-0.4, -0.2) is 76.6 Å². The first-order valence-corrected chi connectivity index (χ1v) is 23.5. The Labute approximate surface area is 403 Å². The Hall–Kier alpha value is -5.93. The van der Waals surface area contributed by atoms with Crippen molar-refractivity contribution in [1.82, 2.24) is 0 Å². The van der Waals surface area contributed by atoms with E-state index in [4.69, 9.17) is 50.0 Å². The van der Waals surface area contributed by atoms with Gasteiger partial charge >= 0.3 is 0 Å². The summed E-state index contributed by atoms with van der Waals surface area (Å²) in [5.74, 6) is -2.58. The van der Waals surface area contributed by atoms with Crippen molar-refractivity contribution >= 4 is 82.9 Å². The fourth-order valence-electron chi connectivity index (χ4n) is 6.77. The zero-order valence-electron chi connectivity index (χ0n) is 34.3. The molecule has 0 saturated carbocycles. The number of fused-ring (bicyclic) bond motifs is 2. The van der Waals surface area contributed by atoms with E-state index in [1.54, 1.807) is 18.2 Å². The predicted molar refractivity (Wildman–Crippen MR) is 250 cm³/mol. The third-order valence-corrected chi connectivity index (χ3v) is 14.5. The third kappa shape index (κ3) is 11.7. The van der Waals surface area contributed by atoms with E-state index in [2.05, 4.69) is 0 Å². The molecule has 2 unspecified atom stereocenters. The molecule has 0 bridgehead atoms. The van der Waals surface area contributed by atoms with Gasteiger partial charge in [-0.2, -0.15) is 0 Å². The number of carbonyl (C=O) groups is 2. The maximum atomic E-state index is 14.1. The van der Waals surface area contributed by atoms with Crippen LogP contribution in [-0.2, 0) is 26.5 Å². The highest BCUT2D eigenvalue weighted by atomic mass is 35.5. The number of benzene rings is 6. The van der Waals surface area contributed by atoms with Gasteiger partial charge in [-0.05, 0) is 120 Å². The third-order valence-electron chi connectivity index (χ3n) is 9.93. The summed E-state index contributed by atoms with van der Waals surface area (Å²) >= 11 is 16.5. The Bertz CT molecular complexity index is 2990. The average Bonchev–Trinajstić information content (AvgIpc) is 3.28. The molecular weight excluding hydrogens is 1000 g/mol. The average molecular weight is 1040 g/mol. The lowest BCUT2D eigenvalue weighted by Gasteiger charge is -2.36. The number of nitrogens with zero attached hydrogens (tertiary/aromatic N) is 2. The van der Waals surface area contributed by atoms with E-state index >= 15 is 0 Å². The van der Waals surface area contributed by atoms with Gasteiger partial charge in [-0.25, -0.2) is 34.4 Å². The molecule has 0 amide bonds. The van der Waals surface area contributed by atoms with Crippen LogP contribution >= 0.6 is 34.8 Å². The van der Waals surface area contributed by atoms with E-state index in [9.17, 15) is 54.2 Å². The van der Waals surface area contributed by atoms with Crippen LogP contribution in [0.2, 0.25) is 10.0 Å². The lowest BCUT2D eigenvalue weighted by Crippen LogP contribution is -2.48. The molecule has 0 fully saturated rings. The number of aliphatic hydroxyl groups is 2. The van der Waals surface area contributed by atoms with Gasteiger partial charge < -0.3 is 25.4 Å². The van der Waals surface area contributed by atoms with Crippen LogP contribution in [0.3, 0.4) is 0 Å². The highest BCUT2D eigenvalue weighted by molar-refractivity contribution is 7.93. The van der Waals surface area contributed by atoms with Gasteiger partial charge in [-0.15, -0.1) is 0 Å². The Morgan fingerprint density at radius 3 is 1.47 bits per heavy atom. The summed E-state index contributed by atoms with van der Waals surface area (Å²) in [5.41, 5.74) is 6.33. The second kappa shape index (κ2) is 22.5. The topological polar surface area (TPSA) is 194 Å². The van der Waals surface area contributed by atoms with Gasteiger partial charge in [0.15, 0.2) is 5.78 Å². The summed E-state index contributed by atoms with van der Waals surface area (Å²) in [6.45, 7) is -1.05. The quantitative estimate of drug-likeness (QED) is 0.0514. The first-order chi connectivity index (χ1) is 31.8. The molecule has 0 radical (unpaired) electrons. The second-order valence-corrected chi connectivity index (χ2v) is 19.2. The summed E-state index contributed by atoms with van der Waals surface area (Å²) in [6.07, 6.45) is -0.248. The van der Waals surface area contributed by atoms with E-state index in [0.717, 1.165) is 57.1 Å². The van der Waals surface area contributed by atoms with Crippen LogP contribution in [0.25, 0.3) is 0 Å². The molecular formula is C46H40Cl3F4N3O10S2. The fraction of sp³-hybridized carbons (Fsp3) is 0.174. The van der Waals surface area contributed by atoms with Crippen LogP contribution in [0.15, 0.2) is 131 Å². The minimum atomic E-state index is -4.20. The van der Waals surface area contributed by atoms with Gasteiger partial charge in [0.1, 0.15) is 60.1 Å². The molecule has 2 heterocycles. The van der Waals surface area contributed by atoms with Crippen molar-refractivity contribution in [3.8, 4) is 11.5 Å². The number of hydrogen-bond donors (Lipinski definition) is 3. The molecule has 2 atom stereocenters. The molecule has 0 spiro atoms. The maximum absolute atomic E-state index is 14.1. The zero-order valence-corrected chi connectivity index (χ0v) is 38.2. The lowest BCUT2D eigenvalue weighted by atomic mass is 10.0. The Balaban J connectivity index is 0.000000213. The number of sulfonamides is 2. The number of aliphatic hydroxyl groups excluding tert-OH is 2. The molecule has 2 aliphatic rings. The number of nitrogen functional groups attached to an aromatic ring is 1. The number of Topliss-reactive ketones (excluding diaryl/α,β-unsaturated/α-hetero) is 1. The highest BCUT2D eigenvalue weighted by Gasteiger charge is 2.39. The monoisotopic (exact) mass is 1040 g/mol. The smallest absolute Gasteiger partial charge is 0.264 e. The van der Waals surface area contributed by atoms with Crippen molar-refractivity contribution in [1.29, 1.82) is 0 Å². The van der Waals surface area contributed by atoms with Crippen LogP contribution in [0.1, 0.15) is 33.7 Å². The number of anilines is 3. The summed E-state index contributed by atoms with van der Waals surface area (Å²) in [4.78, 5) is 23.0. The molecule has 4 N–H and O–H groups in total.